The first-order valence-electron chi connectivity index (χ1n) is 8.36. The lowest BCUT2D eigenvalue weighted by Gasteiger charge is -2.59. The molecular weight excluding hydrogens is 244 g/mol. The highest BCUT2D eigenvalue weighted by Gasteiger charge is 2.53. The normalized spacial score (nSPS) is 40.0. The Morgan fingerprint density at radius 3 is 2.30 bits per heavy atom. The Hall–Kier alpha value is -0.890. The molecule has 1 atom stereocenters. The zero-order valence-electron chi connectivity index (χ0n) is 12.3. The summed E-state index contributed by atoms with van der Waals surface area (Å²) < 4.78 is 0. The topological polar surface area (TPSA) is 38.9 Å². The second kappa shape index (κ2) is 4.84. The zero-order chi connectivity index (χ0) is 13.6. The summed E-state index contributed by atoms with van der Waals surface area (Å²) in [6.07, 6.45) is 14.0. The highest BCUT2D eigenvalue weighted by Crippen LogP contribution is 2.62. The van der Waals surface area contributed by atoms with Crippen molar-refractivity contribution in [3.05, 3.63) is 30.1 Å². The molecule has 1 unspecified atom stereocenters. The van der Waals surface area contributed by atoms with Crippen molar-refractivity contribution in [2.45, 2.75) is 44.9 Å². The lowest BCUT2D eigenvalue weighted by Crippen LogP contribution is -2.51. The van der Waals surface area contributed by atoms with E-state index in [4.69, 9.17) is 5.73 Å². The SMILES string of the molecule is NCC(Cc1cccnc1)C12CC3CC(CC(C3)C1)C2. The van der Waals surface area contributed by atoms with Crippen LogP contribution in [0.4, 0.5) is 0 Å². The van der Waals surface area contributed by atoms with E-state index in [0.29, 0.717) is 11.3 Å². The molecule has 1 heterocycles. The van der Waals surface area contributed by atoms with Gasteiger partial charge in [-0.3, -0.25) is 4.98 Å². The van der Waals surface area contributed by atoms with Gasteiger partial charge in [0.1, 0.15) is 0 Å². The Morgan fingerprint density at radius 2 is 1.80 bits per heavy atom. The van der Waals surface area contributed by atoms with Crippen LogP contribution in [0.15, 0.2) is 24.5 Å². The molecule has 2 heteroatoms. The summed E-state index contributed by atoms with van der Waals surface area (Å²) in [6, 6.07) is 4.28. The monoisotopic (exact) mass is 270 g/mol. The highest BCUT2D eigenvalue weighted by molar-refractivity contribution is 5.13. The average molecular weight is 270 g/mol. The zero-order valence-corrected chi connectivity index (χ0v) is 12.3. The van der Waals surface area contributed by atoms with Gasteiger partial charge in [0, 0.05) is 12.4 Å². The van der Waals surface area contributed by atoms with Crippen LogP contribution in [0.5, 0.6) is 0 Å². The van der Waals surface area contributed by atoms with Gasteiger partial charge in [0.05, 0.1) is 0 Å². The van der Waals surface area contributed by atoms with E-state index in [2.05, 4.69) is 17.1 Å². The molecule has 4 aliphatic carbocycles. The van der Waals surface area contributed by atoms with Gasteiger partial charge in [-0.05, 0) is 92.2 Å². The maximum atomic E-state index is 6.22. The highest BCUT2D eigenvalue weighted by atomic mass is 14.7. The lowest BCUT2D eigenvalue weighted by molar-refractivity contribution is -0.0850. The molecule has 4 fully saturated rings. The van der Waals surface area contributed by atoms with Crippen molar-refractivity contribution in [3.8, 4) is 0 Å². The van der Waals surface area contributed by atoms with Gasteiger partial charge in [-0.1, -0.05) is 6.07 Å². The maximum absolute atomic E-state index is 6.22. The van der Waals surface area contributed by atoms with Crippen molar-refractivity contribution in [2.24, 2.45) is 34.8 Å². The molecule has 2 nitrogen and oxygen atoms in total. The summed E-state index contributed by atoms with van der Waals surface area (Å²) in [5.74, 6) is 3.72. The maximum Gasteiger partial charge on any atom is 0.0299 e. The van der Waals surface area contributed by atoms with Crippen LogP contribution in [-0.4, -0.2) is 11.5 Å². The fourth-order valence-electron chi connectivity index (χ4n) is 6.03. The Balaban J connectivity index is 1.58. The molecule has 4 saturated carbocycles. The summed E-state index contributed by atoms with van der Waals surface area (Å²) in [6.45, 7) is 0.848. The second-order valence-corrected chi connectivity index (χ2v) is 7.78. The molecule has 0 aliphatic heterocycles. The largest absolute Gasteiger partial charge is 0.330 e. The molecule has 1 aromatic heterocycles. The minimum absolute atomic E-state index is 0.569. The van der Waals surface area contributed by atoms with Crippen molar-refractivity contribution in [1.29, 1.82) is 0 Å². The number of nitrogens with zero attached hydrogens (tertiary/aromatic N) is 1. The van der Waals surface area contributed by atoms with Gasteiger partial charge in [-0.25, -0.2) is 0 Å². The van der Waals surface area contributed by atoms with Gasteiger partial charge < -0.3 is 5.73 Å². The van der Waals surface area contributed by atoms with Gasteiger partial charge in [-0.2, -0.15) is 0 Å². The predicted molar refractivity (Wildman–Crippen MR) is 81.1 cm³/mol. The first-order valence-corrected chi connectivity index (χ1v) is 8.36. The Kier molecular flexibility index (Phi) is 3.10. The van der Waals surface area contributed by atoms with E-state index in [1.54, 1.807) is 0 Å². The van der Waals surface area contributed by atoms with Gasteiger partial charge >= 0.3 is 0 Å². The minimum atomic E-state index is 0.569. The Morgan fingerprint density at radius 1 is 1.15 bits per heavy atom. The van der Waals surface area contributed by atoms with E-state index in [1.165, 1.54) is 44.1 Å². The molecular formula is C18H26N2. The second-order valence-electron chi connectivity index (χ2n) is 7.78. The van der Waals surface area contributed by atoms with Crippen LogP contribution in [0.2, 0.25) is 0 Å². The fraction of sp³-hybridized carbons (Fsp3) is 0.722. The molecule has 5 rings (SSSR count). The van der Waals surface area contributed by atoms with E-state index >= 15 is 0 Å². The number of hydrogen-bond donors (Lipinski definition) is 1. The number of pyridine rings is 1. The van der Waals surface area contributed by atoms with E-state index in [9.17, 15) is 0 Å². The van der Waals surface area contributed by atoms with Crippen LogP contribution in [-0.2, 0) is 6.42 Å². The Labute approximate surface area is 122 Å². The van der Waals surface area contributed by atoms with Gasteiger partial charge in [0.15, 0.2) is 0 Å². The molecule has 0 spiro atoms. The Bertz CT molecular complexity index is 432. The minimum Gasteiger partial charge on any atom is -0.330 e. The number of aromatic nitrogens is 1. The third kappa shape index (κ3) is 2.09. The third-order valence-electron chi connectivity index (χ3n) is 6.44. The molecule has 20 heavy (non-hydrogen) atoms. The van der Waals surface area contributed by atoms with E-state index in [-0.39, 0.29) is 0 Å². The van der Waals surface area contributed by atoms with Crippen LogP contribution >= 0.6 is 0 Å². The average Bonchev–Trinajstić information content (AvgIpc) is 2.44. The van der Waals surface area contributed by atoms with Gasteiger partial charge in [0.2, 0.25) is 0 Å². The molecule has 2 N–H and O–H groups in total. The van der Waals surface area contributed by atoms with Crippen molar-refractivity contribution < 1.29 is 0 Å². The van der Waals surface area contributed by atoms with Crippen molar-refractivity contribution >= 4 is 0 Å². The molecule has 0 saturated heterocycles. The lowest BCUT2D eigenvalue weighted by atomic mass is 9.46. The quantitative estimate of drug-likeness (QED) is 0.910. The molecule has 108 valence electrons. The summed E-state index contributed by atoms with van der Waals surface area (Å²) in [5.41, 5.74) is 8.16. The van der Waals surface area contributed by atoms with Gasteiger partial charge in [-0.15, -0.1) is 0 Å². The summed E-state index contributed by atoms with van der Waals surface area (Å²) >= 11 is 0. The molecule has 4 bridgehead atoms. The first-order chi connectivity index (χ1) is 9.77. The first kappa shape index (κ1) is 12.8. The van der Waals surface area contributed by atoms with E-state index in [1.807, 2.05) is 12.4 Å². The predicted octanol–water partition coefficient (Wildman–Crippen LogP) is 3.42. The fourth-order valence-corrected chi connectivity index (χ4v) is 6.03. The molecule has 1 aromatic rings. The van der Waals surface area contributed by atoms with Crippen LogP contribution < -0.4 is 5.73 Å². The van der Waals surface area contributed by atoms with Crippen LogP contribution in [0.3, 0.4) is 0 Å². The number of hydrogen-bond acceptors (Lipinski definition) is 2. The molecule has 4 aliphatic rings. The summed E-state index contributed by atoms with van der Waals surface area (Å²) in [4.78, 5) is 4.28. The summed E-state index contributed by atoms with van der Waals surface area (Å²) in [5, 5.41) is 0. The van der Waals surface area contributed by atoms with Crippen molar-refractivity contribution in [1.82, 2.24) is 4.98 Å². The molecule has 0 aromatic carbocycles. The number of rotatable bonds is 4. The van der Waals surface area contributed by atoms with E-state index in [0.717, 1.165) is 30.7 Å². The van der Waals surface area contributed by atoms with Crippen LogP contribution in [0.1, 0.15) is 44.1 Å². The van der Waals surface area contributed by atoms with Crippen molar-refractivity contribution in [2.75, 3.05) is 6.54 Å². The number of nitrogens with two attached hydrogens (primary N) is 1. The van der Waals surface area contributed by atoms with Crippen molar-refractivity contribution in [3.63, 3.8) is 0 Å². The van der Waals surface area contributed by atoms with Crippen LogP contribution in [0, 0.1) is 29.1 Å². The van der Waals surface area contributed by atoms with Gasteiger partial charge in [0.25, 0.3) is 0 Å². The molecule has 0 radical (unpaired) electrons. The summed E-state index contributed by atoms with van der Waals surface area (Å²) in [7, 11) is 0. The molecule has 0 amide bonds. The smallest absolute Gasteiger partial charge is 0.0299 e. The van der Waals surface area contributed by atoms with Crippen LogP contribution in [0.25, 0.3) is 0 Å². The standard InChI is InChI=1S/C18H26N2/c19-11-17(7-13-2-1-3-20-12-13)18-8-14-4-15(9-18)6-16(5-14)10-18/h1-3,12,14-17H,4-11,19H2. The third-order valence-corrected chi connectivity index (χ3v) is 6.44. The van der Waals surface area contributed by atoms with E-state index < -0.39 is 0 Å².